The standard InChI is InChI=1S/C23H22ClFN6O2S/c24-16-9-18-19(12-28-21(18)27-11-16)22-29-13-20(25)23(30-22)26-10-15-5-4-8-31(14-15)34(32,33)17-6-2-1-3-7-17/h1-3,6-7,9,11-13,15H,4-5,8,10,14H2,(H,27,28)(H,26,29,30)/t15-/m1/s1. The van der Waals surface area contributed by atoms with E-state index < -0.39 is 15.8 Å². The molecule has 5 rings (SSSR count). The molecular formula is C23H22ClFN6O2S. The van der Waals surface area contributed by atoms with Crippen molar-refractivity contribution in [2.24, 2.45) is 5.92 Å². The van der Waals surface area contributed by atoms with E-state index in [1.807, 2.05) is 0 Å². The zero-order valence-corrected chi connectivity index (χ0v) is 19.7. The third-order valence-electron chi connectivity index (χ3n) is 5.90. The lowest BCUT2D eigenvalue weighted by molar-refractivity contribution is 0.275. The van der Waals surface area contributed by atoms with E-state index in [4.69, 9.17) is 11.6 Å². The molecule has 3 aromatic heterocycles. The van der Waals surface area contributed by atoms with Crippen LogP contribution >= 0.6 is 11.6 Å². The minimum absolute atomic E-state index is 0.0150. The number of hydrogen-bond donors (Lipinski definition) is 2. The molecule has 0 saturated carbocycles. The van der Waals surface area contributed by atoms with Crippen LogP contribution in [0.25, 0.3) is 22.4 Å². The second kappa shape index (κ2) is 9.28. The lowest BCUT2D eigenvalue weighted by atomic mass is 10.00. The second-order valence-corrected chi connectivity index (χ2v) is 10.6. The summed E-state index contributed by atoms with van der Waals surface area (Å²) >= 11 is 6.07. The van der Waals surface area contributed by atoms with Gasteiger partial charge >= 0.3 is 0 Å². The maximum absolute atomic E-state index is 14.5. The highest BCUT2D eigenvalue weighted by molar-refractivity contribution is 7.89. The summed E-state index contributed by atoms with van der Waals surface area (Å²) < 4.78 is 41.9. The highest BCUT2D eigenvalue weighted by Gasteiger charge is 2.30. The lowest BCUT2D eigenvalue weighted by Gasteiger charge is -2.32. The monoisotopic (exact) mass is 500 g/mol. The van der Waals surface area contributed by atoms with Gasteiger partial charge in [0, 0.05) is 43.0 Å². The summed E-state index contributed by atoms with van der Waals surface area (Å²) in [6, 6.07) is 10.2. The zero-order valence-electron chi connectivity index (χ0n) is 18.1. The first kappa shape index (κ1) is 22.7. The Kier molecular flexibility index (Phi) is 6.20. The molecule has 4 heterocycles. The summed E-state index contributed by atoms with van der Waals surface area (Å²) in [6.07, 6.45) is 5.93. The first-order valence-corrected chi connectivity index (χ1v) is 12.7. The Bertz CT molecular complexity index is 1430. The summed E-state index contributed by atoms with van der Waals surface area (Å²) in [7, 11) is -3.56. The maximum atomic E-state index is 14.5. The number of rotatable bonds is 6. The van der Waals surface area contributed by atoms with Crippen molar-refractivity contribution in [2.45, 2.75) is 17.7 Å². The van der Waals surface area contributed by atoms with Gasteiger partial charge in [-0.25, -0.2) is 27.8 Å². The number of piperidine rings is 1. The Morgan fingerprint density at radius 1 is 1.21 bits per heavy atom. The van der Waals surface area contributed by atoms with Crippen molar-refractivity contribution in [1.29, 1.82) is 0 Å². The van der Waals surface area contributed by atoms with Crippen LogP contribution in [0.15, 0.2) is 59.9 Å². The largest absolute Gasteiger partial charge is 0.367 e. The average molecular weight is 501 g/mol. The Hall–Kier alpha value is -3.08. The molecule has 0 aliphatic carbocycles. The number of sulfonamides is 1. The minimum atomic E-state index is -3.56. The van der Waals surface area contributed by atoms with E-state index in [9.17, 15) is 12.8 Å². The molecule has 0 spiro atoms. The molecule has 1 aliphatic rings. The molecule has 0 bridgehead atoms. The van der Waals surface area contributed by atoms with Crippen LogP contribution in [0.1, 0.15) is 12.8 Å². The van der Waals surface area contributed by atoms with Gasteiger partial charge in [0.25, 0.3) is 0 Å². The number of fused-ring (bicyclic) bond motifs is 1. The predicted octanol–water partition coefficient (Wildman–Crippen LogP) is 4.33. The number of benzene rings is 1. The van der Waals surface area contributed by atoms with Crippen LogP contribution in [0.5, 0.6) is 0 Å². The van der Waals surface area contributed by atoms with Gasteiger partial charge in [-0.3, -0.25) is 0 Å². The summed E-state index contributed by atoms with van der Waals surface area (Å²) in [5, 5.41) is 4.27. The Morgan fingerprint density at radius 2 is 2.03 bits per heavy atom. The van der Waals surface area contributed by atoms with Crippen LogP contribution in [0.2, 0.25) is 5.02 Å². The molecule has 8 nitrogen and oxygen atoms in total. The van der Waals surface area contributed by atoms with Gasteiger partial charge in [0.1, 0.15) is 5.65 Å². The number of halogens is 2. The molecule has 11 heteroatoms. The number of hydrogen-bond acceptors (Lipinski definition) is 6. The minimum Gasteiger partial charge on any atom is -0.367 e. The number of H-pyrrole nitrogens is 1. The van der Waals surface area contributed by atoms with E-state index in [2.05, 4.69) is 25.3 Å². The van der Waals surface area contributed by atoms with E-state index in [-0.39, 0.29) is 16.6 Å². The van der Waals surface area contributed by atoms with E-state index >= 15 is 0 Å². The van der Waals surface area contributed by atoms with Crippen LogP contribution in [0.3, 0.4) is 0 Å². The first-order valence-electron chi connectivity index (χ1n) is 10.9. The SMILES string of the molecule is O=S(=O)(c1ccccc1)N1CCC[C@H](CNc2nc(-c3c[nH]c4ncc(Cl)cc34)ncc2F)C1. The molecule has 176 valence electrons. The number of nitrogens with one attached hydrogen (secondary N) is 2. The number of aromatic amines is 1. The first-order chi connectivity index (χ1) is 16.4. The molecular weight excluding hydrogens is 479 g/mol. The number of pyridine rings is 1. The maximum Gasteiger partial charge on any atom is 0.243 e. The number of anilines is 1. The molecule has 1 aliphatic heterocycles. The number of nitrogens with zero attached hydrogens (tertiary/aromatic N) is 4. The van der Waals surface area contributed by atoms with E-state index in [0.717, 1.165) is 24.4 Å². The molecule has 0 amide bonds. The van der Waals surface area contributed by atoms with Gasteiger partial charge in [0.05, 0.1) is 16.1 Å². The fourth-order valence-corrected chi connectivity index (χ4v) is 5.91. The van der Waals surface area contributed by atoms with E-state index in [1.165, 1.54) is 10.5 Å². The number of aromatic nitrogens is 4. The van der Waals surface area contributed by atoms with Crippen LogP contribution in [-0.4, -0.2) is 52.3 Å². The normalized spacial score (nSPS) is 17.2. The van der Waals surface area contributed by atoms with Crippen molar-refractivity contribution in [2.75, 3.05) is 25.0 Å². The molecule has 1 fully saturated rings. The summed E-state index contributed by atoms with van der Waals surface area (Å²) in [5.41, 5.74) is 1.29. The highest BCUT2D eigenvalue weighted by Crippen LogP contribution is 2.29. The summed E-state index contributed by atoms with van der Waals surface area (Å²) in [5.74, 6) is -0.168. The molecule has 1 atom stereocenters. The Morgan fingerprint density at radius 3 is 2.85 bits per heavy atom. The second-order valence-electron chi connectivity index (χ2n) is 8.21. The fourth-order valence-electron chi connectivity index (χ4n) is 4.18. The zero-order chi connectivity index (χ0) is 23.7. The molecule has 0 unspecified atom stereocenters. The Balaban J connectivity index is 1.32. The van der Waals surface area contributed by atoms with Gasteiger partial charge < -0.3 is 10.3 Å². The molecule has 2 N–H and O–H groups in total. The van der Waals surface area contributed by atoms with Crippen LogP contribution < -0.4 is 5.32 Å². The summed E-state index contributed by atoms with van der Waals surface area (Å²) in [6.45, 7) is 1.21. The molecule has 34 heavy (non-hydrogen) atoms. The molecule has 1 saturated heterocycles. The van der Waals surface area contributed by atoms with Crippen molar-refractivity contribution < 1.29 is 12.8 Å². The summed E-state index contributed by atoms with van der Waals surface area (Å²) in [4.78, 5) is 16.0. The Labute approximate surface area is 201 Å². The van der Waals surface area contributed by atoms with Gasteiger partial charge in [-0.2, -0.15) is 4.31 Å². The topological polar surface area (TPSA) is 104 Å². The van der Waals surface area contributed by atoms with E-state index in [0.29, 0.717) is 41.7 Å². The molecule has 1 aromatic carbocycles. The van der Waals surface area contributed by atoms with E-state index in [1.54, 1.807) is 42.6 Å². The van der Waals surface area contributed by atoms with Crippen molar-refractivity contribution in [1.82, 2.24) is 24.2 Å². The molecule has 0 radical (unpaired) electrons. The van der Waals surface area contributed by atoms with Crippen LogP contribution in [-0.2, 0) is 10.0 Å². The third-order valence-corrected chi connectivity index (χ3v) is 7.99. The van der Waals surface area contributed by atoms with Crippen molar-refractivity contribution in [3.05, 3.63) is 65.8 Å². The van der Waals surface area contributed by atoms with Gasteiger partial charge in [-0.05, 0) is 37.0 Å². The molecule has 4 aromatic rings. The van der Waals surface area contributed by atoms with Crippen LogP contribution in [0.4, 0.5) is 10.2 Å². The average Bonchev–Trinajstić information content (AvgIpc) is 3.27. The van der Waals surface area contributed by atoms with Gasteiger partial charge in [0.2, 0.25) is 10.0 Å². The van der Waals surface area contributed by atoms with Crippen LogP contribution in [0, 0.1) is 11.7 Å². The smallest absolute Gasteiger partial charge is 0.243 e. The predicted molar refractivity (Wildman–Crippen MR) is 129 cm³/mol. The lowest BCUT2D eigenvalue weighted by Crippen LogP contribution is -2.41. The highest BCUT2D eigenvalue weighted by atomic mass is 35.5. The van der Waals surface area contributed by atoms with Gasteiger partial charge in [-0.1, -0.05) is 29.8 Å². The van der Waals surface area contributed by atoms with Crippen molar-refractivity contribution in [3.63, 3.8) is 0 Å². The fraction of sp³-hybridized carbons (Fsp3) is 0.261. The van der Waals surface area contributed by atoms with Gasteiger partial charge in [-0.15, -0.1) is 0 Å². The van der Waals surface area contributed by atoms with Gasteiger partial charge in [0.15, 0.2) is 17.5 Å². The van der Waals surface area contributed by atoms with Crippen molar-refractivity contribution in [3.8, 4) is 11.4 Å². The quantitative estimate of drug-likeness (QED) is 0.408. The van der Waals surface area contributed by atoms with Crippen molar-refractivity contribution >= 4 is 38.5 Å². The third kappa shape index (κ3) is 4.48.